The fourth-order valence-corrected chi connectivity index (χ4v) is 0.414. The van der Waals surface area contributed by atoms with Gasteiger partial charge in [0.2, 0.25) is 0 Å². The van der Waals surface area contributed by atoms with Gasteiger partial charge in [-0.1, -0.05) is 0 Å². The Kier molecular flexibility index (Phi) is 4.12. The lowest BCUT2D eigenvalue weighted by Gasteiger charge is -2.26. The van der Waals surface area contributed by atoms with Crippen LogP contribution in [0.4, 0.5) is 17.6 Å². The Morgan fingerprint density at radius 1 is 1.31 bits per heavy atom. The number of halogens is 4. The molecular formula is C7H13F4NO. The minimum Gasteiger partial charge on any atom is -0.368 e. The molecule has 0 aromatic rings. The van der Waals surface area contributed by atoms with Crippen molar-refractivity contribution in [2.45, 2.75) is 31.8 Å². The van der Waals surface area contributed by atoms with E-state index in [0.29, 0.717) is 0 Å². The van der Waals surface area contributed by atoms with Crippen LogP contribution in [0.25, 0.3) is 0 Å². The first kappa shape index (κ1) is 12.6. The minimum atomic E-state index is -4.10. The van der Waals surface area contributed by atoms with E-state index in [1.807, 2.05) is 0 Å². The van der Waals surface area contributed by atoms with Crippen molar-refractivity contribution in [2.24, 2.45) is 5.73 Å². The molecule has 13 heavy (non-hydrogen) atoms. The highest BCUT2D eigenvalue weighted by Gasteiger charge is 2.42. The predicted molar refractivity (Wildman–Crippen MR) is 40.0 cm³/mol. The maximum Gasteiger partial charge on any atom is 0.330 e. The first-order valence-corrected chi connectivity index (χ1v) is 3.71. The molecule has 0 radical (unpaired) electrons. The second kappa shape index (κ2) is 4.23. The summed E-state index contributed by atoms with van der Waals surface area (Å²) in [6.45, 7) is 1.59. The van der Waals surface area contributed by atoms with E-state index in [1.165, 1.54) is 13.8 Å². The summed E-state index contributed by atoms with van der Waals surface area (Å²) in [6.07, 6.45) is -3.71. The zero-order valence-electron chi connectivity index (χ0n) is 7.49. The molecule has 80 valence electrons. The van der Waals surface area contributed by atoms with Crippen LogP contribution < -0.4 is 5.73 Å². The van der Waals surface area contributed by atoms with Crippen LogP contribution in [0.1, 0.15) is 13.8 Å². The van der Waals surface area contributed by atoms with Gasteiger partial charge in [-0.05, 0) is 13.8 Å². The van der Waals surface area contributed by atoms with Gasteiger partial charge in [-0.3, -0.25) is 0 Å². The fourth-order valence-electron chi connectivity index (χ4n) is 0.414. The molecule has 0 saturated heterocycles. The number of hydrogen-bond donors (Lipinski definition) is 1. The number of hydrogen-bond acceptors (Lipinski definition) is 2. The Hall–Kier alpha value is -0.360. The molecule has 0 amide bonds. The van der Waals surface area contributed by atoms with E-state index in [2.05, 4.69) is 4.74 Å². The van der Waals surface area contributed by atoms with Gasteiger partial charge in [-0.15, -0.1) is 0 Å². The average Bonchev–Trinajstić information content (AvgIpc) is 2.01. The van der Waals surface area contributed by atoms with E-state index in [9.17, 15) is 17.6 Å². The summed E-state index contributed by atoms with van der Waals surface area (Å²) < 4.78 is 52.4. The maximum absolute atomic E-state index is 12.3. The zero-order chi connectivity index (χ0) is 10.7. The molecule has 0 aliphatic heterocycles. The normalized spacial score (nSPS) is 13.8. The van der Waals surface area contributed by atoms with Crippen LogP contribution in [0.5, 0.6) is 0 Å². The van der Waals surface area contributed by atoms with E-state index >= 15 is 0 Å². The molecule has 0 aliphatic carbocycles. The SMILES string of the molecule is CC(C)(CN)OCC(F)(F)C(F)F. The quantitative estimate of drug-likeness (QED) is 0.689. The van der Waals surface area contributed by atoms with Gasteiger partial charge in [0.1, 0.15) is 6.61 Å². The molecule has 0 aliphatic rings. The Bertz CT molecular complexity index is 161. The fraction of sp³-hybridized carbons (Fsp3) is 1.00. The van der Waals surface area contributed by atoms with Gasteiger partial charge in [0.25, 0.3) is 0 Å². The third kappa shape index (κ3) is 4.42. The van der Waals surface area contributed by atoms with Crippen LogP contribution >= 0.6 is 0 Å². The van der Waals surface area contributed by atoms with E-state index in [0.717, 1.165) is 0 Å². The summed E-state index contributed by atoms with van der Waals surface area (Å²) in [5.74, 6) is -4.10. The van der Waals surface area contributed by atoms with Crippen molar-refractivity contribution in [3.05, 3.63) is 0 Å². The van der Waals surface area contributed by atoms with Crippen molar-refractivity contribution in [3.8, 4) is 0 Å². The number of ether oxygens (including phenoxy) is 1. The second-order valence-electron chi connectivity index (χ2n) is 3.31. The molecule has 0 saturated carbocycles. The molecule has 0 heterocycles. The van der Waals surface area contributed by atoms with Gasteiger partial charge in [-0.25, -0.2) is 8.78 Å². The third-order valence-corrected chi connectivity index (χ3v) is 1.47. The zero-order valence-corrected chi connectivity index (χ0v) is 7.49. The van der Waals surface area contributed by atoms with Crippen LogP contribution in [0.3, 0.4) is 0 Å². The highest BCUT2D eigenvalue weighted by molar-refractivity contribution is 4.74. The smallest absolute Gasteiger partial charge is 0.330 e. The standard InChI is InChI=1S/C7H13F4NO/c1-6(2,3-12)13-4-7(10,11)5(8)9/h5H,3-4,12H2,1-2H3. The van der Waals surface area contributed by atoms with Crippen molar-refractivity contribution in [3.63, 3.8) is 0 Å². The van der Waals surface area contributed by atoms with E-state index in [1.54, 1.807) is 0 Å². The molecule has 0 bridgehead atoms. The number of nitrogens with two attached hydrogens (primary N) is 1. The Morgan fingerprint density at radius 2 is 1.77 bits per heavy atom. The van der Waals surface area contributed by atoms with Crippen molar-refractivity contribution >= 4 is 0 Å². The molecule has 0 rings (SSSR count). The van der Waals surface area contributed by atoms with Crippen LogP contribution in [0.15, 0.2) is 0 Å². The lowest BCUT2D eigenvalue weighted by atomic mass is 10.1. The largest absolute Gasteiger partial charge is 0.368 e. The molecule has 0 aromatic heterocycles. The van der Waals surface area contributed by atoms with Crippen LogP contribution in [-0.4, -0.2) is 31.1 Å². The molecule has 6 heteroatoms. The van der Waals surface area contributed by atoms with Gasteiger partial charge >= 0.3 is 12.3 Å². The van der Waals surface area contributed by atoms with E-state index in [-0.39, 0.29) is 6.54 Å². The van der Waals surface area contributed by atoms with Crippen LogP contribution in [0.2, 0.25) is 0 Å². The first-order valence-electron chi connectivity index (χ1n) is 3.71. The summed E-state index contributed by atoms with van der Waals surface area (Å²) in [7, 11) is 0. The molecule has 0 atom stereocenters. The average molecular weight is 203 g/mol. The van der Waals surface area contributed by atoms with Crippen molar-refractivity contribution in [1.82, 2.24) is 0 Å². The second-order valence-corrected chi connectivity index (χ2v) is 3.31. The molecule has 2 nitrogen and oxygen atoms in total. The van der Waals surface area contributed by atoms with E-state index < -0.39 is 24.6 Å². The molecule has 0 aromatic carbocycles. The Morgan fingerprint density at radius 3 is 2.08 bits per heavy atom. The highest BCUT2D eigenvalue weighted by atomic mass is 19.3. The Labute approximate surface area is 74.0 Å². The number of rotatable bonds is 5. The summed E-state index contributed by atoms with van der Waals surface area (Å²) in [6, 6.07) is 0. The third-order valence-electron chi connectivity index (χ3n) is 1.47. The van der Waals surface area contributed by atoms with Crippen LogP contribution in [0, 0.1) is 0 Å². The minimum absolute atomic E-state index is 0.00762. The molecule has 0 fully saturated rings. The van der Waals surface area contributed by atoms with Gasteiger partial charge in [-0.2, -0.15) is 8.78 Å². The topological polar surface area (TPSA) is 35.2 Å². The molecule has 2 N–H and O–H groups in total. The molecule has 0 unspecified atom stereocenters. The van der Waals surface area contributed by atoms with Crippen molar-refractivity contribution in [2.75, 3.05) is 13.2 Å². The summed E-state index contributed by atoms with van der Waals surface area (Å²) >= 11 is 0. The number of alkyl halides is 4. The lowest BCUT2D eigenvalue weighted by Crippen LogP contribution is -2.41. The van der Waals surface area contributed by atoms with Gasteiger partial charge in [0, 0.05) is 6.54 Å². The highest BCUT2D eigenvalue weighted by Crippen LogP contribution is 2.24. The van der Waals surface area contributed by atoms with Crippen molar-refractivity contribution < 1.29 is 22.3 Å². The van der Waals surface area contributed by atoms with E-state index in [4.69, 9.17) is 5.73 Å². The lowest BCUT2D eigenvalue weighted by molar-refractivity contribution is -0.187. The summed E-state index contributed by atoms with van der Waals surface area (Å²) in [5, 5.41) is 0. The monoisotopic (exact) mass is 203 g/mol. The van der Waals surface area contributed by atoms with Crippen LogP contribution in [-0.2, 0) is 4.74 Å². The van der Waals surface area contributed by atoms with Gasteiger partial charge in [0.05, 0.1) is 5.60 Å². The Balaban J connectivity index is 4.02. The maximum atomic E-state index is 12.3. The van der Waals surface area contributed by atoms with Crippen molar-refractivity contribution in [1.29, 1.82) is 0 Å². The summed E-state index contributed by atoms with van der Waals surface area (Å²) in [4.78, 5) is 0. The first-order chi connectivity index (χ1) is 5.71. The van der Waals surface area contributed by atoms with Gasteiger partial charge < -0.3 is 10.5 Å². The summed E-state index contributed by atoms with van der Waals surface area (Å²) in [5.41, 5.74) is 4.15. The molecule has 0 spiro atoms. The van der Waals surface area contributed by atoms with Gasteiger partial charge in [0.15, 0.2) is 0 Å². The predicted octanol–water partition coefficient (Wildman–Crippen LogP) is 1.64. The molecular weight excluding hydrogens is 190 g/mol.